The van der Waals surface area contributed by atoms with Crippen LogP contribution in [0.3, 0.4) is 0 Å². The van der Waals surface area contributed by atoms with Gasteiger partial charge in [-0.2, -0.15) is 0 Å². The second-order valence-electron chi connectivity index (χ2n) is 7.31. The largest absolute Gasteiger partial charge is 0.496 e. The second kappa shape index (κ2) is 10.9. The fourth-order valence-electron chi connectivity index (χ4n) is 3.99. The van der Waals surface area contributed by atoms with Gasteiger partial charge in [-0.3, -0.25) is 0 Å². The maximum absolute atomic E-state index is 6.67. The molecule has 0 aliphatic carbocycles. The topological polar surface area (TPSA) is 12.5 Å². The quantitative estimate of drug-likeness (QED) is 0.314. The van der Waals surface area contributed by atoms with Crippen molar-refractivity contribution in [1.82, 2.24) is 0 Å². The van der Waals surface area contributed by atoms with Crippen LogP contribution < -0.4 is 9.64 Å². The molecule has 0 radical (unpaired) electrons. The van der Waals surface area contributed by atoms with E-state index >= 15 is 0 Å². The summed E-state index contributed by atoms with van der Waals surface area (Å²) >= 11 is 10.2. The van der Waals surface area contributed by atoms with E-state index in [0.717, 1.165) is 47.6 Å². The van der Waals surface area contributed by atoms with Crippen molar-refractivity contribution in [3.63, 3.8) is 0 Å². The van der Waals surface area contributed by atoms with Gasteiger partial charge in [-0.05, 0) is 85.7 Å². The predicted molar refractivity (Wildman–Crippen MR) is 132 cm³/mol. The first-order valence-electron chi connectivity index (χ1n) is 10.5. The molecular weight excluding hydrogens is 458 g/mol. The third-order valence-electron chi connectivity index (χ3n) is 5.58. The lowest BCUT2D eigenvalue weighted by Crippen LogP contribution is -2.23. The van der Waals surface area contributed by atoms with Crippen LogP contribution in [0.25, 0.3) is 0 Å². The Morgan fingerprint density at radius 3 is 2.33 bits per heavy atom. The van der Waals surface area contributed by atoms with Crippen molar-refractivity contribution in [3.05, 3.63) is 92.4 Å². The average molecular weight is 487 g/mol. The molecule has 0 aliphatic heterocycles. The van der Waals surface area contributed by atoms with Crippen LogP contribution in [-0.2, 0) is 19.3 Å². The molecule has 0 aromatic heterocycles. The van der Waals surface area contributed by atoms with Gasteiger partial charge in [-0.25, -0.2) is 0 Å². The number of methoxy groups -OCH3 is 1. The Morgan fingerprint density at radius 1 is 0.867 bits per heavy atom. The van der Waals surface area contributed by atoms with Gasteiger partial charge in [-0.1, -0.05) is 57.9 Å². The number of halogens is 2. The lowest BCUT2D eigenvalue weighted by molar-refractivity contribution is 0.409. The highest BCUT2D eigenvalue weighted by molar-refractivity contribution is 9.10. The molecule has 0 bridgehead atoms. The van der Waals surface area contributed by atoms with E-state index in [1.165, 1.54) is 27.9 Å². The molecule has 3 aromatic carbocycles. The van der Waals surface area contributed by atoms with Crippen LogP contribution in [-0.4, -0.2) is 20.2 Å². The Kier molecular flexibility index (Phi) is 8.24. The molecule has 2 nitrogen and oxygen atoms in total. The summed E-state index contributed by atoms with van der Waals surface area (Å²) < 4.78 is 6.61. The molecule has 0 unspecified atom stereocenters. The minimum atomic E-state index is 0.835. The zero-order chi connectivity index (χ0) is 21.5. The fraction of sp³-hybridized carbons (Fsp3) is 0.308. The van der Waals surface area contributed by atoms with E-state index in [9.17, 15) is 0 Å². The highest BCUT2D eigenvalue weighted by Gasteiger charge is 2.14. The molecule has 158 valence electrons. The molecule has 0 N–H and O–H groups in total. The summed E-state index contributed by atoms with van der Waals surface area (Å²) in [7, 11) is 1.72. The Hall–Kier alpha value is -1.97. The average Bonchev–Trinajstić information content (AvgIpc) is 2.75. The maximum atomic E-state index is 6.67. The van der Waals surface area contributed by atoms with Gasteiger partial charge < -0.3 is 9.64 Å². The van der Waals surface area contributed by atoms with Crippen LogP contribution in [0.1, 0.15) is 36.1 Å². The van der Waals surface area contributed by atoms with Crippen molar-refractivity contribution < 1.29 is 4.74 Å². The summed E-state index contributed by atoms with van der Waals surface area (Å²) in [6, 6.07) is 21.1. The summed E-state index contributed by atoms with van der Waals surface area (Å²) in [6.07, 6.45) is 2.62. The SMILES string of the molecule is CCN(CC)c1ccccc1Cc1cccc(Cl)c1CCc1cc(Br)ccc1OC. The van der Waals surface area contributed by atoms with Crippen molar-refractivity contribution in [2.75, 3.05) is 25.1 Å². The normalized spacial score (nSPS) is 10.8. The van der Waals surface area contributed by atoms with Crippen LogP contribution >= 0.6 is 27.5 Å². The minimum Gasteiger partial charge on any atom is -0.496 e. The summed E-state index contributed by atoms with van der Waals surface area (Å²) in [5, 5.41) is 0.835. The Morgan fingerprint density at radius 2 is 1.60 bits per heavy atom. The Bertz CT molecular complexity index is 985. The van der Waals surface area contributed by atoms with Gasteiger partial charge in [0.25, 0.3) is 0 Å². The van der Waals surface area contributed by atoms with Gasteiger partial charge >= 0.3 is 0 Å². The summed E-state index contributed by atoms with van der Waals surface area (Å²) in [5.74, 6) is 0.915. The molecule has 0 aliphatic rings. The van der Waals surface area contributed by atoms with Gasteiger partial charge in [0.1, 0.15) is 5.75 Å². The van der Waals surface area contributed by atoms with E-state index in [-0.39, 0.29) is 0 Å². The van der Waals surface area contributed by atoms with Gasteiger partial charge in [-0.15, -0.1) is 0 Å². The highest BCUT2D eigenvalue weighted by Crippen LogP contribution is 2.30. The number of ether oxygens (including phenoxy) is 1. The predicted octanol–water partition coefficient (Wildman–Crippen LogP) is 7.33. The lowest BCUT2D eigenvalue weighted by Gasteiger charge is -2.24. The molecule has 0 spiro atoms. The minimum absolute atomic E-state index is 0.835. The first-order valence-corrected chi connectivity index (χ1v) is 11.7. The lowest BCUT2D eigenvalue weighted by atomic mass is 9.94. The number of para-hydroxylation sites is 1. The number of benzene rings is 3. The Labute approximate surface area is 194 Å². The first-order chi connectivity index (χ1) is 14.6. The van der Waals surface area contributed by atoms with E-state index in [1.54, 1.807) is 7.11 Å². The van der Waals surface area contributed by atoms with Crippen molar-refractivity contribution in [1.29, 1.82) is 0 Å². The smallest absolute Gasteiger partial charge is 0.122 e. The van der Waals surface area contributed by atoms with Gasteiger partial charge in [0, 0.05) is 28.3 Å². The molecule has 0 heterocycles. The third-order valence-corrected chi connectivity index (χ3v) is 6.43. The van der Waals surface area contributed by atoms with Crippen LogP contribution in [0.5, 0.6) is 5.75 Å². The van der Waals surface area contributed by atoms with Crippen molar-refractivity contribution in [3.8, 4) is 5.75 Å². The first kappa shape index (κ1) is 22.7. The zero-order valence-corrected chi connectivity index (χ0v) is 20.3. The van der Waals surface area contributed by atoms with Gasteiger partial charge in [0.15, 0.2) is 0 Å². The second-order valence-corrected chi connectivity index (χ2v) is 8.63. The van der Waals surface area contributed by atoms with Gasteiger partial charge in [0.2, 0.25) is 0 Å². The molecule has 0 saturated carbocycles. The summed E-state index contributed by atoms with van der Waals surface area (Å²) in [6.45, 7) is 6.41. The maximum Gasteiger partial charge on any atom is 0.122 e. The number of nitrogens with zero attached hydrogens (tertiary/aromatic N) is 1. The number of aryl methyl sites for hydroxylation is 1. The molecule has 4 heteroatoms. The summed E-state index contributed by atoms with van der Waals surface area (Å²) in [4.78, 5) is 2.41. The van der Waals surface area contributed by atoms with Crippen LogP contribution in [0, 0.1) is 0 Å². The molecule has 0 amide bonds. The number of hydrogen-bond acceptors (Lipinski definition) is 2. The van der Waals surface area contributed by atoms with E-state index < -0.39 is 0 Å². The van der Waals surface area contributed by atoms with Crippen LogP contribution in [0.4, 0.5) is 5.69 Å². The fourth-order valence-corrected chi connectivity index (χ4v) is 4.69. The third kappa shape index (κ3) is 5.39. The van der Waals surface area contributed by atoms with Crippen LogP contribution in [0.2, 0.25) is 5.02 Å². The standard InChI is InChI=1S/C26H29BrClNO/c1-4-29(5-2)25-12-7-6-9-20(25)17-19-10-8-11-24(28)23(19)15-13-21-18-22(27)14-16-26(21)30-3/h6-12,14,16,18H,4-5,13,15,17H2,1-3H3. The monoisotopic (exact) mass is 485 g/mol. The summed E-state index contributed by atoms with van der Waals surface area (Å²) in [5.41, 5.74) is 6.33. The number of hydrogen-bond donors (Lipinski definition) is 0. The molecule has 3 rings (SSSR count). The molecule has 0 atom stereocenters. The van der Waals surface area contributed by atoms with E-state index in [2.05, 4.69) is 77.1 Å². The molecule has 30 heavy (non-hydrogen) atoms. The van der Waals surface area contributed by atoms with Gasteiger partial charge in [0.05, 0.1) is 7.11 Å². The van der Waals surface area contributed by atoms with Crippen LogP contribution in [0.15, 0.2) is 65.1 Å². The van der Waals surface area contributed by atoms with E-state index in [1.807, 2.05) is 18.2 Å². The zero-order valence-electron chi connectivity index (χ0n) is 17.9. The number of anilines is 1. The molecule has 0 saturated heterocycles. The van der Waals surface area contributed by atoms with Crippen molar-refractivity contribution in [2.24, 2.45) is 0 Å². The van der Waals surface area contributed by atoms with Crippen molar-refractivity contribution >= 4 is 33.2 Å². The molecule has 0 fully saturated rings. The molecule has 3 aromatic rings. The van der Waals surface area contributed by atoms with E-state index in [0.29, 0.717) is 0 Å². The van der Waals surface area contributed by atoms with E-state index in [4.69, 9.17) is 16.3 Å². The van der Waals surface area contributed by atoms with Crippen molar-refractivity contribution in [2.45, 2.75) is 33.1 Å². The highest BCUT2D eigenvalue weighted by atomic mass is 79.9. The Balaban J connectivity index is 1.89. The molecular formula is C26H29BrClNO. The number of rotatable bonds is 9.